The molecule has 6 heteroatoms. The van der Waals surface area contributed by atoms with Crippen molar-refractivity contribution in [3.63, 3.8) is 0 Å². The van der Waals surface area contributed by atoms with E-state index in [0.717, 1.165) is 10.2 Å². The Morgan fingerprint density at radius 1 is 1.62 bits per heavy atom. The first-order valence-electron chi connectivity index (χ1n) is 4.56. The van der Waals surface area contributed by atoms with Gasteiger partial charge in [0.1, 0.15) is 6.54 Å². The predicted octanol–water partition coefficient (Wildman–Crippen LogP) is 2.53. The van der Waals surface area contributed by atoms with E-state index in [-0.39, 0.29) is 12.5 Å². The van der Waals surface area contributed by atoms with Gasteiger partial charge in [0, 0.05) is 5.02 Å². The summed E-state index contributed by atoms with van der Waals surface area (Å²) in [5.74, 6) is -0.322. The molecule has 0 bridgehead atoms. The van der Waals surface area contributed by atoms with Crippen molar-refractivity contribution < 1.29 is 9.53 Å². The third-order valence-electron chi connectivity index (χ3n) is 1.96. The van der Waals surface area contributed by atoms with Gasteiger partial charge in [0.25, 0.3) is 0 Å². The van der Waals surface area contributed by atoms with E-state index in [0.29, 0.717) is 10.2 Å². The number of hydrogen-bond acceptors (Lipinski definition) is 5. The third kappa shape index (κ3) is 2.43. The minimum atomic E-state index is -0.322. The maximum atomic E-state index is 10.9. The maximum absolute atomic E-state index is 10.9. The lowest BCUT2D eigenvalue weighted by molar-refractivity contribution is -0.138. The van der Waals surface area contributed by atoms with E-state index >= 15 is 0 Å². The van der Waals surface area contributed by atoms with Crippen LogP contribution in [0.25, 0.3) is 10.2 Å². The van der Waals surface area contributed by atoms with E-state index in [1.165, 1.54) is 18.4 Å². The van der Waals surface area contributed by atoms with Crippen molar-refractivity contribution in [3.8, 4) is 0 Å². The average Bonchev–Trinajstić information content (AvgIpc) is 2.67. The summed E-state index contributed by atoms with van der Waals surface area (Å²) in [4.78, 5) is 15.2. The van der Waals surface area contributed by atoms with Gasteiger partial charge in [-0.2, -0.15) is 0 Å². The topological polar surface area (TPSA) is 51.2 Å². The van der Waals surface area contributed by atoms with E-state index in [4.69, 9.17) is 11.6 Å². The van der Waals surface area contributed by atoms with Crippen molar-refractivity contribution in [2.75, 3.05) is 19.0 Å². The van der Waals surface area contributed by atoms with Gasteiger partial charge in [0.05, 0.1) is 17.3 Å². The molecule has 0 radical (unpaired) electrons. The highest BCUT2D eigenvalue weighted by molar-refractivity contribution is 7.22. The maximum Gasteiger partial charge on any atom is 0.325 e. The van der Waals surface area contributed by atoms with Gasteiger partial charge in [0.2, 0.25) is 0 Å². The van der Waals surface area contributed by atoms with Gasteiger partial charge in [-0.05, 0) is 18.2 Å². The van der Waals surface area contributed by atoms with Crippen LogP contribution in [-0.4, -0.2) is 24.6 Å². The molecule has 0 unspecified atom stereocenters. The van der Waals surface area contributed by atoms with Crippen LogP contribution in [0.2, 0.25) is 5.02 Å². The molecular formula is C10H9ClN2O2S. The molecule has 84 valence electrons. The van der Waals surface area contributed by atoms with Gasteiger partial charge >= 0.3 is 5.97 Å². The summed E-state index contributed by atoms with van der Waals surface area (Å²) in [7, 11) is 1.35. The lowest BCUT2D eigenvalue weighted by Crippen LogP contribution is -2.14. The highest BCUT2D eigenvalue weighted by Gasteiger charge is 2.05. The molecule has 0 aliphatic carbocycles. The number of carbonyl (C=O) groups excluding carboxylic acids is 1. The number of rotatable bonds is 3. The number of benzene rings is 1. The van der Waals surface area contributed by atoms with Crippen LogP contribution >= 0.6 is 22.9 Å². The summed E-state index contributed by atoms with van der Waals surface area (Å²) in [6.07, 6.45) is 0. The monoisotopic (exact) mass is 256 g/mol. The number of thiazole rings is 1. The van der Waals surface area contributed by atoms with Crippen LogP contribution in [0.15, 0.2) is 18.2 Å². The Morgan fingerprint density at radius 3 is 3.19 bits per heavy atom. The summed E-state index contributed by atoms with van der Waals surface area (Å²) in [6, 6.07) is 5.48. The lowest BCUT2D eigenvalue weighted by atomic mass is 10.3. The van der Waals surface area contributed by atoms with Crippen molar-refractivity contribution >= 4 is 44.3 Å². The molecule has 0 amide bonds. The SMILES string of the molecule is COC(=O)CNc1nc2ccc(Cl)cc2s1. The number of nitrogens with one attached hydrogen (secondary N) is 1. The Bertz CT molecular complexity index is 527. The molecule has 2 aromatic rings. The van der Waals surface area contributed by atoms with Gasteiger partial charge in [-0.15, -0.1) is 0 Å². The normalized spacial score (nSPS) is 10.4. The zero-order valence-corrected chi connectivity index (χ0v) is 10.1. The van der Waals surface area contributed by atoms with Gasteiger partial charge in [-0.3, -0.25) is 4.79 Å². The van der Waals surface area contributed by atoms with E-state index < -0.39 is 0 Å². The number of fused-ring (bicyclic) bond motifs is 1. The standard InChI is InChI=1S/C10H9ClN2O2S/c1-15-9(14)5-12-10-13-7-3-2-6(11)4-8(7)16-10/h2-4H,5H2,1H3,(H,12,13). The first-order chi connectivity index (χ1) is 7.69. The van der Waals surface area contributed by atoms with E-state index in [2.05, 4.69) is 15.0 Å². The second kappa shape index (κ2) is 4.67. The first-order valence-corrected chi connectivity index (χ1v) is 5.75. The van der Waals surface area contributed by atoms with Crippen LogP contribution in [0, 0.1) is 0 Å². The highest BCUT2D eigenvalue weighted by atomic mass is 35.5. The zero-order valence-electron chi connectivity index (χ0n) is 8.49. The predicted molar refractivity (Wildman–Crippen MR) is 65.1 cm³/mol. The fourth-order valence-electron chi connectivity index (χ4n) is 1.19. The number of carbonyl (C=O) groups is 1. The number of halogens is 1. The Hall–Kier alpha value is -1.33. The molecule has 0 aliphatic heterocycles. The molecule has 0 fully saturated rings. The molecule has 1 N–H and O–H groups in total. The summed E-state index contributed by atoms with van der Waals surface area (Å²) in [5, 5.41) is 4.25. The first kappa shape index (κ1) is 11.2. The van der Waals surface area contributed by atoms with Crippen LogP contribution < -0.4 is 5.32 Å². The van der Waals surface area contributed by atoms with Gasteiger partial charge in [-0.25, -0.2) is 4.98 Å². The summed E-state index contributed by atoms with van der Waals surface area (Å²) < 4.78 is 5.51. The minimum Gasteiger partial charge on any atom is -0.468 e. The van der Waals surface area contributed by atoms with Crippen LogP contribution in [0.5, 0.6) is 0 Å². The van der Waals surface area contributed by atoms with Gasteiger partial charge in [-0.1, -0.05) is 22.9 Å². The average molecular weight is 257 g/mol. The van der Waals surface area contributed by atoms with E-state index in [1.807, 2.05) is 12.1 Å². The fourth-order valence-corrected chi connectivity index (χ4v) is 2.33. The molecule has 0 atom stereocenters. The molecule has 0 saturated heterocycles. The van der Waals surface area contributed by atoms with Crippen molar-refractivity contribution in [2.45, 2.75) is 0 Å². The molecule has 0 spiro atoms. The number of methoxy groups -OCH3 is 1. The van der Waals surface area contributed by atoms with Crippen molar-refractivity contribution in [2.24, 2.45) is 0 Å². The Kier molecular flexibility index (Phi) is 3.26. The number of esters is 1. The van der Waals surface area contributed by atoms with Crippen LogP contribution in [0.3, 0.4) is 0 Å². The summed E-state index contributed by atoms with van der Waals surface area (Å²) in [5.41, 5.74) is 0.863. The van der Waals surface area contributed by atoms with Crippen molar-refractivity contribution in [3.05, 3.63) is 23.2 Å². The van der Waals surface area contributed by atoms with E-state index in [1.54, 1.807) is 6.07 Å². The Morgan fingerprint density at radius 2 is 2.44 bits per heavy atom. The molecule has 1 heterocycles. The van der Waals surface area contributed by atoms with Crippen LogP contribution in [0.4, 0.5) is 5.13 Å². The molecule has 4 nitrogen and oxygen atoms in total. The summed E-state index contributed by atoms with van der Waals surface area (Å²) in [6.45, 7) is 0.115. The molecule has 1 aromatic carbocycles. The smallest absolute Gasteiger partial charge is 0.325 e. The molecule has 2 rings (SSSR count). The molecule has 0 saturated carbocycles. The highest BCUT2D eigenvalue weighted by Crippen LogP contribution is 2.27. The lowest BCUT2D eigenvalue weighted by Gasteiger charge is -1.98. The summed E-state index contributed by atoms with van der Waals surface area (Å²) >= 11 is 7.31. The Balaban J connectivity index is 2.16. The van der Waals surface area contributed by atoms with Gasteiger partial charge in [0.15, 0.2) is 5.13 Å². The van der Waals surface area contributed by atoms with E-state index in [9.17, 15) is 4.79 Å². The second-order valence-electron chi connectivity index (χ2n) is 3.06. The quantitative estimate of drug-likeness (QED) is 0.858. The zero-order chi connectivity index (χ0) is 11.5. The third-order valence-corrected chi connectivity index (χ3v) is 3.17. The van der Waals surface area contributed by atoms with Crippen LogP contribution in [-0.2, 0) is 9.53 Å². The minimum absolute atomic E-state index is 0.115. The van der Waals surface area contributed by atoms with Crippen molar-refractivity contribution in [1.82, 2.24) is 4.98 Å². The van der Waals surface area contributed by atoms with Gasteiger partial charge < -0.3 is 10.1 Å². The van der Waals surface area contributed by atoms with Crippen LogP contribution in [0.1, 0.15) is 0 Å². The number of hydrogen-bond donors (Lipinski definition) is 1. The fraction of sp³-hybridized carbons (Fsp3) is 0.200. The molecular weight excluding hydrogens is 248 g/mol. The molecule has 16 heavy (non-hydrogen) atoms. The number of ether oxygens (including phenoxy) is 1. The number of aromatic nitrogens is 1. The number of anilines is 1. The molecule has 1 aromatic heterocycles. The number of nitrogens with zero attached hydrogens (tertiary/aromatic N) is 1. The molecule has 0 aliphatic rings. The van der Waals surface area contributed by atoms with Crippen molar-refractivity contribution in [1.29, 1.82) is 0 Å². The largest absolute Gasteiger partial charge is 0.468 e. The Labute approximate surface area is 101 Å². The second-order valence-corrected chi connectivity index (χ2v) is 4.53.